The predicted octanol–water partition coefficient (Wildman–Crippen LogP) is 9.78. The summed E-state index contributed by atoms with van der Waals surface area (Å²) in [6, 6.07) is 14.0. The highest BCUT2D eigenvalue weighted by Gasteiger charge is 2.56. The molecule has 1 unspecified atom stereocenters. The van der Waals surface area contributed by atoms with Gasteiger partial charge in [-0.25, -0.2) is 0 Å². The van der Waals surface area contributed by atoms with E-state index in [0.717, 1.165) is 61.2 Å². The molecule has 264 valence electrons. The van der Waals surface area contributed by atoms with Crippen LogP contribution in [0.15, 0.2) is 42.5 Å². The number of hydrogen-bond donors (Lipinski definition) is 0. The lowest BCUT2D eigenvalue weighted by Gasteiger charge is -2.43. The van der Waals surface area contributed by atoms with Crippen molar-refractivity contribution in [3.05, 3.63) is 53.6 Å². The van der Waals surface area contributed by atoms with Crippen LogP contribution in [-0.4, -0.2) is 52.3 Å². The third kappa shape index (κ3) is 11.1. The number of ketones is 1. The van der Waals surface area contributed by atoms with Crippen molar-refractivity contribution in [2.45, 2.75) is 108 Å². The van der Waals surface area contributed by atoms with Gasteiger partial charge < -0.3 is 23.7 Å². The molecule has 1 aliphatic rings. The summed E-state index contributed by atoms with van der Waals surface area (Å²) in [5.41, 5.74) is 2.02. The van der Waals surface area contributed by atoms with Gasteiger partial charge in [-0.15, -0.1) is 0 Å². The van der Waals surface area contributed by atoms with Crippen LogP contribution in [0.4, 0.5) is 22.0 Å². The Kier molecular flexibility index (Phi) is 14.8. The molecule has 0 N–H and O–H groups in total. The van der Waals surface area contributed by atoms with Crippen molar-refractivity contribution >= 4 is 5.78 Å². The molecule has 0 radical (unpaired) electrons. The largest absolute Gasteiger partial charge is 0.492 e. The molecule has 0 bridgehead atoms. The van der Waals surface area contributed by atoms with Gasteiger partial charge in [-0.3, -0.25) is 4.79 Å². The molecule has 6 nitrogen and oxygen atoms in total. The fourth-order valence-electron chi connectivity index (χ4n) is 6.17. The van der Waals surface area contributed by atoms with E-state index < -0.39 is 24.4 Å². The summed E-state index contributed by atoms with van der Waals surface area (Å²) in [6.07, 6.45) is -0.307. The maximum atomic E-state index is 13.1. The van der Waals surface area contributed by atoms with Crippen molar-refractivity contribution in [3.63, 3.8) is 0 Å². The third-order valence-corrected chi connectivity index (χ3v) is 9.12. The second-order valence-electron chi connectivity index (χ2n) is 12.7. The van der Waals surface area contributed by atoms with Crippen LogP contribution in [0.3, 0.4) is 0 Å². The van der Waals surface area contributed by atoms with Gasteiger partial charge in [0.05, 0.1) is 6.61 Å². The van der Waals surface area contributed by atoms with Gasteiger partial charge in [0.25, 0.3) is 0 Å². The Balaban J connectivity index is 1.49. The van der Waals surface area contributed by atoms with Crippen LogP contribution >= 0.6 is 0 Å². The lowest BCUT2D eigenvalue weighted by molar-refractivity contribution is -0.284. The molecule has 3 atom stereocenters. The molecule has 2 aromatic rings. The Bertz CT molecular complexity index is 1240. The average molecular weight is 673 g/mol. The minimum Gasteiger partial charge on any atom is -0.492 e. The van der Waals surface area contributed by atoms with Gasteiger partial charge in [-0.05, 0) is 55.0 Å². The summed E-state index contributed by atoms with van der Waals surface area (Å²) in [6.45, 7) is 4.68. The number of carbonyl (C=O) groups excluding carboxylic acids is 1. The number of methoxy groups -OCH3 is 2. The van der Waals surface area contributed by atoms with Crippen molar-refractivity contribution in [2.75, 3.05) is 34.4 Å². The zero-order valence-corrected chi connectivity index (χ0v) is 27.9. The lowest BCUT2D eigenvalue weighted by atomic mass is 9.66. The SMILES string of the molecule is COCOc1ccc([C@@]2(C)COc3cc(OCOC)ccc3[C@H]2CCCCCCCCC(=O)C(C)CCCC(F)(F)C(F)(F)F)cc1. The van der Waals surface area contributed by atoms with Crippen molar-refractivity contribution < 1.29 is 50.4 Å². The van der Waals surface area contributed by atoms with E-state index in [1.165, 1.54) is 0 Å². The molecular formula is C36H49F5O6. The van der Waals surface area contributed by atoms with E-state index >= 15 is 0 Å². The second-order valence-corrected chi connectivity index (χ2v) is 12.7. The number of alkyl halides is 5. The summed E-state index contributed by atoms with van der Waals surface area (Å²) in [7, 11) is 3.16. The van der Waals surface area contributed by atoms with E-state index in [1.54, 1.807) is 21.1 Å². The van der Waals surface area contributed by atoms with Gasteiger partial charge in [-0.1, -0.05) is 64.2 Å². The van der Waals surface area contributed by atoms with E-state index in [2.05, 4.69) is 25.1 Å². The summed E-state index contributed by atoms with van der Waals surface area (Å²) in [5.74, 6) is -2.88. The number of benzene rings is 2. The normalized spacial score (nSPS) is 18.7. The topological polar surface area (TPSA) is 63.2 Å². The molecule has 0 saturated heterocycles. The van der Waals surface area contributed by atoms with Crippen molar-refractivity contribution in [1.82, 2.24) is 0 Å². The van der Waals surface area contributed by atoms with Crippen LogP contribution in [0.25, 0.3) is 0 Å². The first-order valence-electron chi connectivity index (χ1n) is 16.4. The van der Waals surface area contributed by atoms with Gasteiger partial charge >= 0.3 is 12.1 Å². The molecule has 2 aromatic carbocycles. The van der Waals surface area contributed by atoms with E-state index in [4.69, 9.17) is 23.7 Å². The summed E-state index contributed by atoms with van der Waals surface area (Å²) >= 11 is 0. The number of rotatable bonds is 21. The molecule has 47 heavy (non-hydrogen) atoms. The molecule has 0 aliphatic carbocycles. The van der Waals surface area contributed by atoms with Crippen molar-refractivity contribution in [3.8, 4) is 17.2 Å². The molecule has 0 saturated carbocycles. The maximum absolute atomic E-state index is 13.1. The van der Waals surface area contributed by atoms with Crippen LogP contribution in [0.1, 0.15) is 102 Å². The van der Waals surface area contributed by atoms with E-state index in [9.17, 15) is 26.7 Å². The van der Waals surface area contributed by atoms with Gasteiger partial charge in [0.2, 0.25) is 0 Å². The first kappa shape index (κ1) is 38.5. The molecule has 3 rings (SSSR count). The Morgan fingerprint density at radius 1 is 0.872 bits per heavy atom. The van der Waals surface area contributed by atoms with Crippen LogP contribution < -0.4 is 14.2 Å². The van der Waals surface area contributed by atoms with Gasteiger partial charge in [0.1, 0.15) is 23.0 Å². The summed E-state index contributed by atoms with van der Waals surface area (Å²) < 4.78 is 90.9. The number of ether oxygens (including phenoxy) is 5. The molecule has 1 aliphatic heterocycles. The molecule has 0 fully saturated rings. The number of hydrogen-bond acceptors (Lipinski definition) is 6. The molecule has 0 amide bonds. The predicted molar refractivity (Wildman–Crippen MR) is 169 cm³/mol. The quantitative estimate of drug-likeness (QED) is 0.0748. The monoisotopic (exact) mass is 672 g/mol. The van der Waals surface area contributed by atoms with Crippen LogP contribution in [0, 0.1) is 5.92 Å². The third-order valence-electron chi connectivity index (χ3n) is 9.12. The Morgan fingerprint density at radius 3 is 2.11 bits per heavy atom. The fraction of sp³-hybridized carbons (Fsp3) is 0.639. The number of unbranched alkanes of at least 4 members (excludes halogenated alkanes) is 5. The number of halogens is 5. The molecular weight excluding hydrogens is 623 g/mol. The van der Waals surface area contributed by atoms with Crippen molar-refractivity contribution in [2.24, 2.45) is 5.92 Å². The van der Waals surface area contributed by atoms with Gasteiger partial charge in [0.15, 0.2) is 13.6 Å². The zero-order valence-electron chi connectivity index (χ0n) is 27.9. The first-order chi connectivity index (χ1) is 22.3. The smallest absolute Gasteiger partial charge is 0.453 e. The molecule has 11 heteroatoms. The number of carbonyl (C=O) groups is 1. The van der Waals surface area contributed by atoms with E-state index in [1.807, 2.05) is 24.3 Å². The van der Waals surface area contributed by atoms with Crippen LogP contribution in [-0.2, 0) is 19.7 Å². The zero-order chi connectivity index (χ0) is 34.5. The highest BCUT2D eigenvalue weighted by atomic mass is 19.4. The Labute approximate surface area is 275 Å². The second kappa shape index (κ2) is 18.0. The molecule has 0 aromatic heterocycles. The van der Waals surface area contributed by atoms with E-state index in [-0.39, 0.29) is 43.5 Å². The first-order valence-corrected chi connectivity index (χ1v) is 16.4. The standard InChI is InChI=1S/C36H49F5O6/c1-26(12-11-21-35(37,38)36(39,40)41)32(42)14-10-8-6-5-7-9-13-31-30-20-19-29(47-25-44-4)22-33(30)45-23-34(31,2)27-15-17-28(18-16-27)46-24-43-3/h15-20,22,26,31H,5-14,21,23-25H2,1-4H3/t26?,31-,34-/m1/s1. The highest BCUT2D eigenvalue weighted by molar-refractivity contribution is 5.80. The Morgan fingerprint density at radius 2 is 1.47 bits per heavy atom. The van der Waals surface area contributed by atoms with Crippen LogP contribution in [0.2, 0.25) is 0 Å². The highest BCUT2D eigenvalue weighted by Crippen LogP contribution is 2.50. The maximum Gasteiger partial charge on any atom is 0.453 e. The number of Topliss-reactive ketones (excluding diaryl/α,β-unsaturated/α-hetero) is 1. The average Bonchev–Trinajstić information content (AvgIpc) is 3.04. The van der Waals surface area contributed by atoms with Crippen LogP contribution in [0.5, 0.6) is 17.2 Å². The minimum absolute atomic E-state index is 0.0337. The molecule has 1 heterocycles. The van der Waals surface area contributed by atoms with E-state index in [0.29, 0.717) is 25.2 Å². The fourth-order valence-corrected chi connectivity index (χ4v) is 6.17. The summed E-state index contributed by atoms with van der Waals surface area (Å²) in [5, 5.41) is 0. The Hall–Kier alpha value is -2.92. The van der Waals surface area contributed by atoms with Crippen molar-refractivity contribution in [1.29, 1.82) is 0 Å². The summed E-state index contributed by atoms with van der Waals surface area (Å²) in [4.78, 5) is 12.4. The van der Waals surface area contributed by atoms with Gasteiger partial charge in [0, 0.05) is 50.4 Å². The minimum atomic E-state index is -5.55. The number of fused-ring (bicyclic) bond motifs is 1. The molecule has 0 spiro atoms. The van der Waals surface area contributed by atoms with Gasteiger partial charge in [-0.2, -0.15) is 22.0 Å². The lowest BCUT2D eigenvalue weighted by Crippen LogP contribution is -2.40.